The third-order valence-corrected chi connectivity index (χ3v) is 4.73. The van der Waals surface area contributed by atoms with Crippen LogP contribution in [-0.4, -0.2) is 19.8 Å². The van der Waals surface area contributed by atoms with E-state index in [0.717, 1.165) is 17.1 Å². The molecule has 0 aliphatic carbocycles. The zero-order chi connectivity index (χ0) is 22.6. The van der Waals surface area contributed by atoms with E-state index in [4.69, 9.17) is 23.6 Å². The van der Waals surface area contributed by atoms with Gasteiger partial charge in [0.1, 0.15) is 5.71 Å². The molecule has 0 bridgehead atoms. The van der Waals surface area contributed by atoms with Crippen LogP contribution in [0.25, 0.3) is 11.3 Å². The summed E-state index contributed by atoms with van der Waals surface area (Å²) in [6, 6.07) is 25.1. The van der Waals surface area contributed by atoms with Crippen LogP contribution in [0.5, 0.6) is 0 Å². The standard InChI is InChI=1S/C23H22N3.ClHO4/c1-17-22(18-9-5-4-6-10-18)23(21-11-7-8-16-26(17)21)24-19-12-14-20(15-13-19)25(2)3;2-1(3,4)5/h4-16H,1-3H3;(H,2,3,4,5)/q+1;/p-1. The Morgan fingerprint density at radius 3 is 1.97 bits per heavy atom. The topological polar surface area (TPSA) is 112 Å². The summed E-state index contributed by atoms with van der Waals surface area (Å²) in [5, 5.41) is 0. The van der Waals surface area contributed by atoms with Gasteiger partial charge in [-0.15, -0.1) is 10.2 Å². The maximum Gasteiger partial charge on any atom is 0.237 e. The Hall–Kier alpha value is -3.07. The number of hydrogen-bond acceptors (Lipinski definition) is 6. The van der Waals surface area contributed by atoms with Crippen LogP contribution >= 0.6 is 0 Å². The second-order valence-corrected chi connectivity index (χ2v) is 7.79. The zero-order valence-corrected chi connectivity index (χ0v) is 18.1. The number of hydrogen-bond donors (Lipinski definition) is 0. The van der Waals surface area contributed by atoms with Gasteiger partial charge in [-0.2, -0.15) is 4.57 Å². The smallest absolute Gasteiger partial charge is 0.237 e. The van der Waals surface area contributed by atoms with Gasteiger partial charge in [0.25, 0.3) is 0 Å². The van der Waals surface area contributed by atoms with Crippen molar-refractivity contribution in [3.8, 4) is 0 Å². The van der Waals surface area contributed by atoms with E-state index in [-0.39, 0.29) is 0 Å². The summed E-state index contributed by atoms with van der Waals surface area (Å²) in [4.78, 5) is 7.12. The SMILES string of the molecule is CC1=C(c2ccccc2)C(=Nc2ccc(N(C)C)cc2)c2cccc[n+]21.[O-][Cl+3]([O-])([O-])[O-]. The molecular formula is C23H22ClN3O4. The summed E-state index contributed by atoms with van der Waals surface area (Å²) in [6.45, 7) is 2.16. The van der Waals surface area contributed by atoms with Gasteiger partial charge in [0.05, 0.1) is 11.3 Å². The second kappa shape index (κ2) is 9.38. The average molecular weight is 440 g/mol. The summed E-state index contributed by atoms with van der Waals surface area (Å²) >= 11 is 0. The van der Waals surface area contributed by atoms with E-state index in [1.54, 1.807) is 0 Å². The number of nitrogens with zero attached hydrogens (tertiary/aromatic N) is 3. The number of pyridine rings is 1. The van der Waals surface area contributed by atoms with Crippen LogP contribution in [-0.2, 0) is 0 Å². The van der Waals surface area contributed by atoms with Gasteiger partial charge in [-0.05, 0) is 35.9 Å². The van der Waals surface area contributed by atoms with Gasteiger partial charge in [0, 0.05) is 38.8 Å². The van der Waals surface area contributed by atoms with E-state index >= 15 is 0 Å². The fourth-order valence-corrected chi connectivity index (χ4v) is 3.37. The molecule has 0 unspecified atom stereocenters. The van der Waals surface area contributed by atoms with Crippen LogP contribution in [0.2, 0.25) is 0 Å². The number of rotatable bonds is 3. The number of benzene rings is 2. The molecule has 8 heteroatoms. The fraction of sp³-hybridized carbons (Fsp3) is 0.130. The molecule has 0 atom stereocenters. The Morgan fingerprint density at radius 1 is 0.806 bits per heavy atom. The van der Waals surface area contributed by atoms with Gasteiger partial charge in [0.15, 0.2) is 11.9 Å². The second-order valence-electron chi connectivity index (χ2n) is 7.03. The minimum absolute atomic E-state index is 0.962. The highest BCUT2D eigenvalue weighted by atomic mass is 35.7. The summed E-state index contributed by atoms with van der Waals surface area (Å²) in [7, 11) is -0.852. The quantitative estimate of drug-likeness (QED) is 0.525. The molecule has 0 spiro atoms. The van der Waals surface area contributed by atoms with Crippen LogP contribution in [0.3, 0.4) is 0 Å². The number of halogens is 1. The zero-order valence-electron chi connectivity index (χ0n) is 17.4. The van der Waals surface area contributed by atoms with E-state index in [1.807, 2.05) is 20.2 Å². The number of fused-ring (bicyclic) bond motifs is 1. The molecule has 2 heterocycles. The predicted molar refractivity (Wildman–Crippen MR) is 109 cm³/mol. The number of allylic oxidation sites excluding steroid dienone is 2. The molecular weight excluding hydrogens is 418 g/mol. The van der Waals surface area contributed by atoms with Gasteiger partial charge in [-0.25, -0.2) is 23.6 Å². The molecule has 31 heavy (non-hydrogen) atoms. The maximum atomic E-state index is 8.49. The van der Waals surface area contributed by atoms with Crippen LogP contribution in [0.15, 0.2) is 84.0 Å². The number of anilines is 1. The van der Waals surface area contributed by atoms with Crippen molar-refractivity contribution in [2.45, 2.75) is 6.92 Å². The predicted octanol–water partition coefficient (Wildman–Crippen LogP) is -0.193. The van der Waals surface area contributed by atoms with Crippen molar-refractivity contribution in [2.75, 3.05) is 19.0 Å². The summed E-state index contributed by atoms with van der Waals surface area (Å²) < 4.78 is 36.2. The third kappa shape index (κ3) is 5.75. The highest BCUT2D eigenvalue weighted by Gasteiger charge is 2.34. The molecule has 3 aromatic rings. The molecule has 1 aromatic heterocycles. The Bertz CT molecular complexity index is 1100. The molecule has 1 aliphatic heterocycles. The molecule has 160 valence electrons. The molecule has 2 aromatic carbocycles. The van der Waals surface area contributed by atoms with Crippen molar-refractivity contribution >= 4 is 28.4 Å². The number of aromatic nitrogens is 1. The first-order valence-electron chi connectivity index (χ1n) is 9.41. The van der Waals surface area contributed by atoms with Crippen molar-refractivity contribution < 1.29 is 33.4 Å². The van der Waals surface area contributed by atoms with E-state index in [9.17, 15) is 0 Å². The lowest BCUT2D eigenvalue weighted by Crippen LogP contribution is -2.68. The van der Waals surface area contributed by atoms with Crippen molar-refractivity contribution in [1.29, 1.82) is 0 Å². The van der Waals surface area contributed by atoms with Crippen LogP contribution in [0, 0.1) is 10.2 Å². The summed E-state index contributed by atoms with van der Waals surface area (Å²) in [5.74, 6) is 0. The van der Waals surface area contributed by atoms with Crippen molar-refractivity contribution in [3.63, 3.8) is 0 Å². The van der Waals surface area contributed by atoms with Gasteiger partial charge in [0.2, 0.25) is 5.69 Å². The Morgan fingerprint density at radius 2 is 1.39 bits per heavy atom. The van der Waals surface area contributed by atoms with Gasteiger partial charge in [-0.3, -0.25) is 0 Å². The number of aliphatic imine (C=N–C) groups is 1. The summed E-state index contributed by atoms with van der Waals surface area (Å²) in [5.41, 5.74) is 7.86. The molecule has 1 aliphatic rings. The van der Waals surface area contributed by atoms with E-state index in [0.29, 0.717) is 0 Å². The first kappa shape index (κ1) is 22.6. The molecule has 0 fully saturated rings. The van der Waals surface area contributed by atoms with Crippen LogP contribution < -0.4 is 28.1 Å². The summed E-state index contributed by atoms with van der Waals surface area (Å²) in [6.07, 6.45) is 2.10. The Kier molecular flexibility index (Phi) is 6.84. The van der Waals surface area contributed by atoms with Crippen molar-refractivity contribution in [1.82, 2.24) is 0 Å². The normalized spacial score (nSPS) is 14.2. The third-order valence-electron chi connectivity index (χ3n) is 4.73. The van der Waals surface area contributed by atoms with Crippen molar-refractivity contribution in [2.24, 2.45) is 4.99 Å². The molecule has 4 rings (SSSR count). The van der Waals surface area contributed by atoms with Gasteiger partial charge in [-0.1, -0.05) is 30.3 Å². The van der Waals surface area contributed by atoms with Gasteiger partial charge < -0.3 is 4.90 Å². The maximum absolute atomic E-state index is 8.49. The Labute approximate surface area is 183 Å². The fourth-order valence-electron chi connectivity index (χ4n) is 3.37. The minimum atomic E-state index is -4.94. The molecule has 0 radical (unpaired) electrons. The Balaban J connectivity index is 0.000000491. The largest absolute Gasteiger partial charge is 0.378 e. The molecule has 0 amide bonds. The lowest BCUT2D eigenvalue weighted by molar-refractivity contribution is -2.00. The monoisotopic (exact) mass is 439 g/mol. The van der Waals surface area contributed by atoms with Crippen LogP contribution in [0.1, 0.15) is 18.2 Å². The molecule has 7 nitrogen and oxygen atoms in total. The molecule has 0 N–H and O–H groups in total. The minimum Gasteiger partial charge on any atom is -0.378 e. The van der Waals surface area contributed by atoms with E-state index in [2.05, 4.69) is 89.3 Å². The molecule has 0 saturated carbocycles. The van der Waals surface area contributed by atoms with E-state index < -0.39 is 10.2 Å². The first-order valence-corrected chi connectivity index (χ1v) is 10.6. The lowest BCUT2D eigenvalue weighted by atomic mass is 10.00. The highest BCUT2D eigenvalue weighted by Crippen LogP contribution is 2.30. The van der Waals surface area contributed by atoms with Crippen LogP contribution in [0.4, 0.5) is 11.4 Å². The first-order chi connectivity index (χ1) is 14.6. The van der Waals surface area contributed by atoms with Gasteiger partial charge >= 0.3 is 0 Å². The lowest BCUT2D eigenvalue weighted by Gasteiger charge is -2.17. The average Bonchev–Trinajstić information content (AvgIpc) is 3.00. The molecule has 0 saturated heterocycles. The van der Waals surface area contributed by atoms with Crippen molar-refractivity contribution in [3.05, 3.63) is 90.3 Å². The van der Waals surface area contributed by atoms with E-state index in [1.165, 1.54) is 22.5 Å². The highest BCUT2D eigenvalue weighted by molar-refractivity contribution is 6.36.